The van der Waals surface area contributed by atoms with Gasteiger partial charge in [-0.05, 0) is 31.2 Å². The van der Waals surface area contributed by atoms with Gasteiger partial charge in [0.1, 0.15) is 0 Å². The fraction of sp³-hybridized carbons (Fsp3) is 0.538. The number of nitrogens with one attached hydrogen (secondary N) is 1. The number of carbonyl (C=O) groups excluding carboxylic acids is 1. The van der Waals surface area contributed by atoms with Crippen LogP contribution in [-0.2, 0) is 9.47 Å². The summed E-state index contributed by atoms with van der Waals surface area (Å²) >= 11 is 1.39. The van der Waals surface area contributed by atoms with E-state index in [0.717, 1.165) is 19.4 Å². The average Bonchev–Trinajstić information content (AvgIpc) is 3.09. The molecule has 0 aliphatic carbocycles. The number of hydrogen-bond donors (Lipinski definition) is 1. The normalized spacial score (nSPS) is 19.4. The van der Waals surface area contributed by atoms with E-state index in [0.29, 0.717) is 18.0 Å². The lowest BCUT2D eigenvalue weighted by Crippen LogP contribution is -2.33. The minimum absolute atomic E-state index is 0.147. The first-order valence-electron chi connectivity index (χ1n) is 6.43. The van der Waals surface area contributed by atoms with Gasteiger partial charge in [-0.2, -0.15) is 0 Å². The van der Waals surface area contributed by atoms with Crippen LogP contribution < -0.4 is 5.32 Å². The molecule has 0 aromatic carbocycles. The molecule has 0 saturated carbocycles. The molecule has 2 rings (SSSR count). The maximum absolute atomic E-state index is 11.9. The number of rotatable bonds is 4. The van der Waals surface area contributed by atoms with Crippen molar-refractivity contribution in [3.05, 3.63) is 22.4 Å². The Hall–Kier alpha value is -1.40. The monoisotopic (exact) mass is 282 g/mol. The second kappa shape index (κ2) is 7.25. The van der Waals surface area contributed by atoms with E-state index < -0.39 is 0 Å². The summed E-state index contributed by atoms with van der Waals surface area (Å²) in [6.07, 6.45) is 2.24. The van der Waals surface area contributed by atoms with Crippen LogP contribution in [0.25, 0.3) is 0 Å². The molecule has 1 fully saturated rings. The second-order valence-corrected chi connectivity index (χ2v) is 5.09. The fourth-order valence-corrected chi connectivity index (χ4v) is 2.42. The highest BCUT2D eigenvalue weighted by Gasteiger charge is 2.16. The molecular formula is C13H18N2O3S. The zero-order valence-electron chi connectivity index (χ0n) is 10.9. The van der Waals surface area contributed by atoms with Gasteiger partial charge < -0.3 is 9.47 Å². The number of ether oxygens (including phenoxy) is 2. The Morgan fingerprint density at radius 3 is 3.21 bits per heavy atom. The van der Waals surface area contributed by atoms with Gasteiger partial charge in [-0.25, -0.2) is 4.99 Å². The van der Waals surface area contributed by atoms with E-state index in [9.17, 15) is 4.79 Å². The molecule has 0 radical (unpaired) electrons. The molecule has 6 heteroatoms. The highest BCUT2D eigenvalue weighted by atomic mass is 32.1. The van der Waals surface area contributed by atoms with Crippen LogP contribution in [0.2, 0.25) is 0 Å². The van der Waals surface area contributed by atoms with Crippen molar-refractivity contribution in [3.63, 3.8) is 0 Å². The number of aliphatic imine (C=N–C) groups is 1. The molecule has 1 aromatic rings. The van der Waals surface area contributed by atoms with E-state index in [-0.39, 0.29) is 18.0 Å². The van der Waals surface area contributed by atoms with Crippen molar-refractivity contribution in [1.82, 2.24) is 5.32 Å². The number of amides is 1. The number of hydrogen-bond acceptors (Lipinski definition) is 5. The van der Waals surface area contributed by atoms with E-state index in [1.807, 2.05) is 18.4 Å². The van der Waals surface area contributed by atoms with Crippen LogP contribution in [0.5, 0.6) is 0 Å². The zero-order chi connectivity index (χ0) is 13.5. The molecule has 0 spiro atoms. The number of amidine groups is 1. The largest absolute Gasteiger partial charge is 0.465 e. The highest BCUT2D eigenvalue weighted by molar-refractivity contribution is 7.12. The minimum Gasteiger partial charge on any atom is -0.465 e. The first kappa shape index (κ1) is 14.0. The van der Waals surface area contributed by atoms with Crippen molar-refractivity contribution >= 4 is 23.3 Å². The first-order valence-corrected chi connectivity index (χ1v) is 7.31. The molecule has 1 amide bonds. The number of carbonyl (C=O) groups is 1. The average molecular weight is 282 g/mol. The summed E-state index contributed by atoms with van der Waals surface area (Å²) in [5.41, 5.74) is 0. The summed E-state index contributed by atoms with van der Waals surface area (Å²) in [4.78, 5) is 16.8. The predicted molar refractivity (Wildman–Crippen MR) is 74.7 cm³/mol. The molecule has 104 valence electrons. The van der Waals surface area contributed by atoms with E-state index in [2.05, 4.69) is 10.3 Å². The Morgan fingerprint density at radius 2 is 2.58 bits per heavy atom. The zero-order valence-corrected chi connectivity index (χ0v) is 11.7. The quantitative estimate of drug-likeness (QED) is 0.679. The summed E-state index contributed by atoms with van der Waals surface area (Å²) in [6.45, 7) is 3.65. The molecule has 5 nitrogen and oxygen atoms in total. The van der Waals surface area contributed by atoms with Crippen LogP contribution in [0.15, 0.2) is 22.5 Å². The smallest absolute Gasteiger partial charge is 0.291 e. The van der Waals surface area contributed by atoms with Crippen LogP contribution in [0, 0.1) is 0 Å². The van der Waals surface area contributed by atoms with Crippen LogP contribution >= 0.6 is 11.3 Å². The van der Waals surface area contributed by atoms with E-state index >= 15 is 0 Å². The fourth-order valence-electron chi connectivity index (χ4n) is 1.80. The van der Waals surface area contributed by atoms with Gasteiger partial charge in [-0.15, -0.1) is 11.3 Å². The third-order valence-corrected chi connectivity index (χ3v) is 3.58. The van der Waals surface area contributed by atoms with E-state index in [1.165, 1.54) is 11.3 Å². The number of nitrogens with zero attached hydrogens (tertiary/aromatic N) is 1. The summed E-state index contributed by atoms with van der Waals surface area (Å²) in [6, 6.07) is 3.88. The van der Waals surface area contributed by atoms with Crippen molar-refractivity contribution in [2.24, 2.45) is 4.99 Å². The predicted octanol–water partition coefficient (Wildman–Crippen LogP) is 2.05. The lowest BCUT2D eigenvalue weighted by Gasteiger charge is -2.10. The molecule has 19 heavy (non-hydrogen) atoms. The topological polar surface area (TPSA) is 59.9 Å². The molecular weight excluding hydrogens is 264 g/mol. The third kappa shape index (κ3) is 4.33. The maximum atomic E-state index is 11.9. The maximum Gasteiger partial charge on any atom is 0.291 e. The summed E-state index contributed by atoms with van der Waals surface area (Å²) in [5, 5.41) is 4.55. The highest BCUT2D eigenvalue weighted by Crippen LogP contribution is 2.12. The van der Waals surface area contributed by atoms with Gasteiger partial charge in [-0.1, -0.05) is 6.07 Å². The first-order chi connectivity index (χ1) is 9.29. The van der Waals surface area contributed by atoms with Gasteiger partial charge in [0.05, 0.1) is 24.1 Å². The molecule has 1 atom stereocenters. The van der Waals surface area contributed by atoms with Crippen molar-refractivity contribution in [2.75, 3.05) is 19.8 Å². The molecule has 1 saturated heterocycles. The van der Waals surface area contributed by atoms with Crippen molar-refractivity contribution in [2.45, 2.75) is 25.9 Å². The van der Waals surface area contributed by atoms with Crippen LogP contribution in [0.4, 0.5) is 0 Å². The summed E-state index contributed by atoms with van der Waals surface area (Å²) in [5.74, 6) is -0.186. The van der Waals surface area contributed by atoms with Crippen LogP contribution in [0.1, 0.15) is 29.4 Å². The van der Waals surface area contributed by atoms with Gasteiger partial charge in [0, 0.05) is 6.61 Å². The molecule has 1 aromatic heterocycles. The second-order valence-electron chi connectivity index (χ2n) is 4.15. The minimum atomic E-state index is -0.186. The lowest BCUT2D eigenvalue weighted by atomic mass is 10.2. The Labute approximate surface area is 116 Å². The molecule has 2 heterocycles. The van der Waals surface area contributed by atoms with Gasteiger partial charge in [0.15, 0.2) is 0 Å². The van der Waals surface area contributed by atoms with Crippen molar-refractivity contribution in [3.8, 4) is 0 Å². The molecule has 0 bridgehead atoms. The molecule has 1 N–H and O–H groups in total. The Balaban J connectivity index is 1.91. The summed E-state index contributed by atoms with van der Waals surface area (Å²) < 4.78 is 10.8. The standard InChI is InChI=1S/C13H18N2O3S/c1-2-17-13(14-9-10-5-3-7-18-10)15-12(16)11-6-4-8-19-11/h4,6,8,10H,2-3,5,7,9H2,1H3,(H,14,15,16)/t10-/m1/s1. The molecule has 0 unspecified atom stereocenters. The molecule has 1 aliphatic heterocycles. The van der Waals surface area contributed by atoms with Crippen molar-refractivity contribution < 1.29 is 14.3 Å². The Kier molecular flexibility index (Phi) is 5.35. The Morgan fingerprint density at radius 1 is 1.68 bits per heavy atom. The van der Waals surface area contributed by atoms with Crippen LogP contribution in [0.3, 0.4) is 0 Å². The van der Waals surface area contributed by atoms with E-state index in [4.69, 9.17) is 9.47 Å². The number of thiophene rings is 1. The van der Waals surface area contributed by atoms with E-state index in [1.54, 1.807) is 6.07 Å². The van der Waals surface area contributed by atoms with Gasteiger partial charge in [0.2, 0.25) is 0 Å². The van der Waals surface area contributed by atoms with Crippen molar-refractivity contribution in [1.29, 1.82) is 0 Å². The van der Waals surface area contributed by atoms with Crippen LogP contribution in [-0.4, -0.2) is 37.8 Å². The SMILES string of the molecule is CCOC(=NC[C@H]1CCCO1)NC(=O)c1cccs1. The van der Waals surface area contributed by atoms with Gasteiger partial charge in [-0.3, -0.25) is 10.1 Å². The summed E-state index contributed by atoms with van der Waals surface area (Å²) in [7, 11) is 0. The lowest BCUT2D eigenvalue weighted by molar-refractivity contribution is 0.0967. The Bertz CT molecular complexity index is 425. The van der Waals surface area contributed by atoms with Gasteiger partial charge in [0.25, 0.3) is 11.9 Å². The van der Waals surface area contributed by atoms with Gasteiger partial charge >= 0.3 is 0 Å². The molecule has 1 aliphatic rings. The third-order valence-electron chi connectivity index (χ3n) is 2.71.